The van der Waals surface area contributed by atoms with Crippen molar-refractivity contribution in [1.82, 2.24) is 4.90 Å². The van der Waals surface area contributed by atoms with Crippen LogP contribution in [0.5, 0.6) is 0 Å². The monoisotopic (exact) mass is 301 g/mol. The minimum atomic E-state index is -0.120. The lowest BCUT2D eigenvalue weighted by molar-refractivity contribution is -0.0228. The SMILES string of the molecule is O=C(c1ccccc1)N1CCOC(c2cccc(Cl)c2)C1. The lowest BCUT2D eigenvalue weighted by Crippen LogP contribution is -2.42. The maximum absolute atomic E-state index is 12.5. The molecule has 2 aromatic carbocycles. The van der Waals surface area contributed by atoms with Gasteiger partial charge in [0.05, 0.1) is 13.2 Å². The van der Waals surface area contributed by atoms with Gasteiger partial charge in [-0.3, -0.25) is 4.79 Å². The van der Waals surface area contributed by atoms with Gasteiger partial charge in [-0.15, -0.1) is 0 Å². The van der Waals surface area contributed by atoms with E-state index in [2.05, 4.69) is 0 Å². The predicted octanol–water partition coefficient (Wildman–Crippen LogP) is 3.55. The van der Waals surface area contributed by atoms with Gasteiger partial charge in [-0.05, 0) is 29.8 Å². The molecule has 1 unspecified atom stereocenters. The topological polar surface area (TPSA) is 29.5 Å². The first-order valence-corrected chi connectivity index (χ1v) is 7.33. The van der Waals surface area contributed by atoms with Gasteiger partial charge < -0.3 is 9.64 Å². The molecule has 1 amide bonds. The number of hydrogen-bond acceptors (Lipinski definition) is 2. The lowest BCUT2D eigenvalue weighted by atomic mass is 10.1. The van der Waals surface area contributed by atoms with Crippen LogP contribution in [-0.2, 0) is 4.74 Å². The summed E-state index contributed by atoms with van der Waals surface area (Å²) < 4.78 is 5.78. The molecule has 21 heavy (non-hydrogen) atoms. The van der Waals surface area contributed by atoms with Gasteiger partial charge in [-0.1, -0.05) is 41.9 Å². The highest BCUT2D eigenvalue weighted by Gasteiger charge is 2.26. The third-order valence-electron chi connectivity index (χ3n) is 3.59. The molecule has 1 fully saturated rings. The van der Waals surface area contributed by atoms with Crippen LogP contribution in [-0.4, -0.2) is 30.5 Å². The third-order valence-corrected chi connectivity index (χ3v) is 3.83. The Labute approximate surface area is 129 Å². The van der Waals surface area contributed by atoms with E-state index in [1.54, 1.807) is 0 Å². The van der Waals surface area contributed by atoms with Crippen LogP contribution < -0.4 is 0 Å². The number of morpholine rings is 1. The van der Waals surface area contributed by atoms with E-state index in [0.29, 0.717) is 30.3 Å². The number of amides is 1. The fraction of sp³-hybridized carbons (Fsp3) is 0.235. The zero-order valence-electron chi connectivity index (χ0n) is 11.5. The van der Waals surface area contributed by atoms with Crippen LogP contribution in [0.3, 0.4) is 0 Å². The molecule has 1 heterocycles. The highest BCUT2D eigenvalue weighted by Crippen LogP contribution is 2.25. The van der Waals surface area contributed by atoms with E-state index in [4.69, 9.17) is 16.3 Å². The van der Waals surface area contributed by atoms with Crippen molar-refractivity contribution in [3.63, 3.8) is 0 Å². The fourth-order valence-corrected chi connectivity index (χ4v) is 2.70. The minimum Gasteiger partial charge on any atom is -0.370 e. The average molecular weight is 302 g/mol. The highest BCUT2D eigenvalue weighted by molar-refractivity contribution is 6.30. The van der Waals surface area contributed by atoms with Crippen LogP contribution in [0.1, 0.15) is 22.0 Å². The zero-order chi connectivity index (χ0) is 14.7. The third kappa shape index (κ3) is 3.26. The molecule has 0 spiro atoms. The first-order valence-electron chi connectivity index (χ1n) is 6.95. The van der Waals surface area contributed by atoms with Crippen molar-refractivity contribution in [3.8, 4) is 0 Å². The summed E-state index contributed by atoms with van der Waals surface area (Å²) in [5.41, 5.74) is 1.72. The number of nitrogens with zero attached hydrogens (tertiary/aromatic N) is 1. The molecule has 4 heteroatoms. The van der Waals surface area contributed by atoms with Crippen LogP contribution in [0.25, 0.3) is 0 Å². The molecule has 1 atom stereocenters. The number of rotatable bonds is 2. The van der Waals surface area contributed by atoms with Crippen molar-refractivity contribution in [1.29, 1.82) is 0 Å². The molecule has 0 aromatic heterocycles. The number of benzene rings is 2. The van der Waals surface area contributed by atoms with Crippen molar-refractivity contribution in [2.45, 2.75) is 6.10 Å². The van der Waals surface area contributed by atoms with E-state index in [0.717, 1.165) is 5.56 Å². The fourth-order valence-electron chi connectivity index (χ4n) is 2.51. The summed E-state index contributed by atoms with van der Waals surface area (Å²) in [6.45, 7) is 1.70. The predicted molar refractivity (Wildman–Crippen MR) is 82.5 cm³/mol. The molecule has 0 aliphatic carbocycles. The molecule has 1 aliphatic rings. The van der Waals surface area contributed by atoms with Gasteiger partial charge in [0.25, 0.3) is 5.91 Å². The first kappa shape index (κ1) is 14.1. The summed E-state index contributed by atoms with van der Waals surface area (Å²) in [5.74, 6) is 0.0472. The summed E-state index contributed by atoms with van der Waals surface area (Å²) >= 11 is 6.02. The van der Waals surface area contributed by atoms with Crippen LogP contribution >= 0.6 is 11.6 Å². The summed E-state index contributed by atoms with van der Waals surface area (Å²) in [6, 6.07) is 16.9. The summed E-state index contributed by atoms with van der Waals surface area (Å²) in [7, 11) is 0. The molecule has 108 valence electrons. The van der Waals surface area contributed by atoms with Gasteiger partial charge in [-0.2, -0.15) is 0 Å². The normalized spacial score (nSPS) is 18.5. The van der Waals surface area contributed by atoms with Crippen LogP contribution in [0.15, 0.2) is 54.6 Å². The second-order valence-electron chi connectivity index (χ2n) is 5.03. The summed E-state index contributed by atoms with van der Waals surface area (Å²) in [4.78, 5) is 14.3. The number of carbonyl (C=O) groups is 1. The first-order chi connectivity index (χ1) is 10.2. The molecule has 3 rings (SSSR count). The van der Waals surface area contributed by atoms with E-state index in [1.165, 1.54) is 0 Å². The molecule has 3 nitrogen and oxygen atoms in total. The van der Waals surface area contributed by atoms with E-state index in [1.807, 2.05) is 59.5 Å². The van der Waals surface area contributed by atoms with Crippen molar-refractivity contribution >= 4 is 17.5 Å². The quantitative estimate of drug-likeness (QED) is 0.849. The Morgan fingerprint density at radius 2 is 1.95 bits per heavy atom. The Balaban J connectivity index is 1.75. The molecule has 1 saturated heterocycles. The Morgan fingerprint density at radius 1 is 1.14 bits per heavy atom. The van der Waals surface area contributed by atoms with E-state index in [-0.39, 0.29) is 12.0 Å². The standard InChI is InChI=1S/C17H16ClNO2/c18-15-8-4-7-14(11-15)16-12-19(9-10-21-16)17(20)13-5-2-1-3-6-13/h1-8,11,16H,9-10,12H2. The number of hydrogen-bond donors (Lipinski definition) is 0. The summed E-state index contributed by atoms with van der Waals surface area (Å²) in [6.07, 6.45) is -0.120. The van der Waals surface area contributed by atoms with E-state index in [9.17, 15) is 4.79 Å². The van der Waals surface area contributed by atoms with Crippen molar-refractivity contribution < 1.29 is 9.53 Å². The number of ether oxygens (including phenoxy) is 1. The maximum atomic E-state index is 12.5. The second kappa shape index (κ2) is 6.29. The molecule has 0 saturated carbocycles. The average Bonchev–Trinajstić information content (AvgIpc) is 2.55. The Kier molecular flexibility index (Phi) is 4.23. The van der Waals surface area contributed by atoms with E-state index < -0.39 is 0 Å². The zero-order valence-corrected chi connectivity index (χ0v) is 12.3. The smallest absolute Gasteiger partial charge is 0.254 e. The van der Waals surface area contributed by atoms with Crippen LogP contribution in [0.2, 0.25) is 5.02 Å². The molecular formula is C17H16ClNO2. The Morgan fingerprint density at radius 3 is 2.71 bits per heavy atom. The lowest BCUT2D eigenvalue weighted by Gasteiger charge is -2.33. The van der Waals surface area contributed by atoms with Crippen molar-refractivity contribution in [3.05, 3.63) is 70.7 Å². The summed E-state index contributed by atoms with van der Waals surface area (Å²) in [5, 5.41) is 0.683. The van der Waals surface area contributed by atoms with Gasteiger partial charge >= 0.3 is 0 Å². The van der Waals surface area contributed by atoms with Gasteiger partial charge in [0, 0.05) is 17.1 Å². The van der Waals surface area contributed by atoms with E-state index >= 15 is 0 Å². The molecular weight excluding hydrogens is 286 g/mol. The Hall–Kier alpha value is -1.84. The molecule has 0 N–H and O–H groups in total. The largest absolute Gasteiger partial charge is 0.370 e. The Bertz CT molecular complexity index is 630. The molecule has 0 radical (unpaired) electrons. The van der Waals surface area contributed by atoms with Crippen LogP contribution in [0.4, 0.5) is 0 Å². The maximum Gasteiger partial charge on any atom is 0.254 e. The minimum absolute atomic E-state index is 0.0472. The molecule has 2 aromatic rings. The van der Waals surface area contributed by atoms with Gasteiger partial charge in [0.1, 0.15) is 6.10 Å². The van der Waals surface area contributed by atoms with Crippen molar-refractivity contribution in [2.24, 2.45) is 0 Å². The van der Waals surface area contributed by atoms with Gasteiger partial charge in [0.15, 0.2) is 0 Å². The van der Waals surface area contributed by atoms with Gasteiger partial charge in [-0.25, -0.2) is 0 Å². The van der Waals surface area contributed by atoms with Crippen molar-refractivity contribution in [2.75, 3.05) is 19.7 Å². The molecule has 0 bridgehead atoms. The van der Waals surface area contributed by atoms with Crippen LogP contribution in [0, 0.1) is 0 Å². The highest BCUT2D eigenvalue weighted by atomic mass is 35.5. The molecule has 1 aliphatic heterocycles. The number of halogens is 1. The van der Waals surface area contributed by atoms with Gasteiger partial charge in [0.2, 0.25) is 0 Å². The number of carbonyl (C=O) groups excluding carboxylic acids is 1. The second-order valence-corrected chi connectivity index (χ2v) is 5.47.